The summed E-state index contributed by atoms with van der Waals surface area (Å²) in [4.78, 5) is 0. The van der Waals surface area contributed by atoms with E-state index in [-0.39, 0.29) is 0 Å². The van der Waals surface area contributed by atoms with Crippen LogP contribution in [-0.2, 0) is 0 Å². The van der Waals surface area contributed by atoms with E-state index < -0.39 is 0 Å². The molecule has 19 heavy (non-hydrogen) atoms. The van der Waals surface area contributed by atoms with E-state index in [2.05, 4.69) is 5.16 Å². The van der Waals surface area contributed by atoms with Gasteiger partial charge >= 0.3 is 0 Å². The number of nitrogens with two attached hydrogens (primary N) is 1. The van der Waals surface area contributed by atoms with Gasteiger partial charge in [0.2, 0.25) is 0 Å². The van der Waals surface area contributed by atoms with Gasteiger partial charge in [-0.3, -0.25) is 0 Å². The van der Waals surface area contributed by atoms with Crippen LogP contribution in [0.3, 0.4) is 0 Å². The molecular weight excluding hydrogens is 283 g/mol. The number of benzene rings is 2. The summed E-state index contributed by atoms with van der Waals surface area (Å²) in [7, 11) is 0. The minimum Gasteiger partial charge on any atom is -0.398 e. The number of hydrogen-bond acceptors (Lipinski definition) is 3. The maximum Gasteiger partial charge on any atom is 0.167 e. The highest BCUT2D eigenvalue weighted by atomic mass is 35.5. The minimum atomic E-state index is 0.508. The number of halogens is 2. The van der Waals surface area contributed by atoms with Crippen LogP contribution in [0.2, 0.25) is 10.0 Å². The van der Waals surface area contributed by atoms with Crippen LogP contribution in [0.4, 0.5) is 5.69 Å². The van der Waals surface area contributed by atoms with Crippen molar-refractivity contribution in [1.82, 2.24) is 5.16 Å². The van der Waals surface area contributed by atoms with Gasteiger partial charge in [0, 0.05) is 10.6 Å². The standard InChI is InChI=1S/C14H10Cl2N2O/c1-7-4-13-9(6-11(7)16)14(18-19-13)8-2-3-10(15)12(17)5-8/h2-6H,17H2,1H3. The van der Waals surface area contributed by atoms with E-state index in [9.17, 15) is 0 Å². The van der Waals surface area contributed by atoms with E-state index in [1.54, 1.807) is 12.1 Å². The summed E-state index contributed by atoms with van der Waals surface area (Å²) >= 11 is 12.1. The molecule has 0 fully saturated rings. The van der Waals surface area contributed by atoms with Crippen LogP contribution in [0.25, 0.3) is 22.2 Å². The smallest absolute Gasteiger partial charge is 0.167 e. The molecule has 5 heteroatoms. The van der Waals surface area contributed by atoms with Gasteiger partial charge in [0.1, 0.15) is 5.69 Å². The van der Waals surface area contributed by atoms with E-state index in [1.807, 2.05) is 25.1 Å². The summed E-state index contributed by atoms with van der Waals surface area (Å²) in [6.07, 6.45) is 0. The second-order valence-corrected chi connectivity index (χ2v) is 5.18. The SMILES string of the molecule is Cc1cc2onc(-c3ccc(Cl)c(N)c3)c2cc1Cl. The van der Waals surface area contributed by atoms with Crippen LogP contribution in [-0.4, -0.2) is 5.16 Å². The lowest BCUT2D eigenvalue weighted by Crippen LogP contribution is -1.87. The molecule has 0 unspecified atom stereocenters. The molecule has 2 N–H and O–H groups in total. The molecule has 3 rings (SSSR count). The molecule has 3 nitrogen and oxygen atoms in total. The number of rotatable bonds is 1. The Morgan fingerprint density at radius 1 is 1.11 bits per heavy atom. The maximum absolute atomic E-state index is 6.15. The molecule has 96 valence electrons. The molecule has 0 aliphatic carbocycles. The normalized spacial score (nSPS) is 11.1. The molecule has 2 aromatic carbocycles. The van der Waals surface area contributed by atoms with E-state index in [0.717, 1.165) is 16.5 Å². The summed E-state index contributed by atoms with van der Waals surface area (Å²) in [6, 6.07) is 9.08. The Kier molecular flexibility index (Phi) is 2.88. The van der Waals surface area contributed by atoms with Crippen LogP contribution < -0.4 is 5.73 Å². The average molecular weight is 293 g/mol. The lowest BCUT2D eigenvalue weighted by atomic mass is 10.1. The Morgan fingerprint density at radius 2 is 1.89 bits per heavy atom. The zero-order valence-corrected chi connectivity index (χ0v) is 11.6. The first-order chi connectivity index (χ1) is 9.06. The van der Waals surface area contributed by atoms with Crippen molar-refractivity contribution in [3.8, 4) is 11.3 Å². The summed E-state index contributed by atoms with van der Waals surface area (Å²) in [5, 5.41) is 6.14. The Labute approximate surface area is 119 Å². The van der Waals surface area contributed by atoms with Gasteiger partial charge in [-0.25, -0.2) is 0 Å². The molecule has 0 saturated carbocycles. The fraction of sp³-hybridized carbons (Fsp3) is 0.0714. The average Bonchev–Trinajstić information content (AvgIpc) is 2.76. The molecule has 0 aliphatic rings. The van der Waals surface area contributed by atoms with Gasteiger partial charge in [-0.05, 0) is 36.8 Å². The van der Waals surface area contributed by atoms with Crippen molar-refractivity contribution >= 4 is 39.9 Å². The predicted molar refractivity (Wildman–Crippen MR) is 78.6 cm³/mol. The molecule has 0 amide bonds. The fourth-order valence-corrected chi connectivity index (χ4v) is 2.24. The lowest BCUT2D eigenvalue weighted by Gasteiger charge is -2.02. The molecule has 0 atom stereocenters. The van der Waals surface area contributed by atoms with Crippen LogP contribution in [0.5, 0.6) is 0 Å². The third-order valence-electron chi connectivity index (χ3n) is 3.02. The van der Waals surface area contributed by atoms with Gasteiger partial charge in [0.05, 0.1) is 16.1 Å². The molecule has 0 spiro atoms. The summed E-state index contributed by atoms with van der Waals surface area (Å²) < 4.78 is 5.33. The Balaban J connectivity index is 2.25. The van der Waals surface area contributed by atoms with Crippen molar-refractivity contribution in [3.63, 3.8) is 0 Å². The number of fused-ring (bicyclic) bond motifs is 1. The van der Waals surface area contributed by atoms with Gasteiger partial charge in [-0.15, -0.1) is 0 Å². The molecule has 0 radical (unpaired) electrons. The second-order valence-electron chi connectivity index (χ2n) is 4.37. The van der Waals surface area contributed by atoms with Gasteiger partial charge in [0.15, 0.2) is 5.58 Å². The zero-order valence-electron chi connectivity index (χ0n) is 10.1. The molecule has 0 saturated heterocycles. The monoisotopic (exact) mass is 292 g/mol. The summed E-state index contributed by atoms with van der Waals surface area (Å²) in [5.74, 6) is 0. The van der Waals surface area contributed by atoms with Crippen LogP contribution >= 0.6 is 23.2 Å². The third kappa shape index (κ3) is 2.05. The third-order valence-corrected chi connectivity index (χ3v) is 3.77. The van der Waals surface area contributed by atoms with Crippen molar-refractivity contribution in [2.45, 2.75) is 6.92 Å². The number of hydrogen-bond donors (Lipinski definition) is 1. The highest BCUT2D eigenvalue weighted by molar-refractivity contribution is 6.33. The van der Waals surface area contributed by atoms with Gasteiger partial charge in [-0.1, -0.05) is 34.4 Å². The maximum atomic E-state index is 6.15. The fourth-order valence-electron chi connectivity index (χ4n) is 1.96. The highest BCUT2D eigenvalue weighted by Gasteiger charge is 2.13. The van der Waals surface area contributed by atoms with E-state index >= 15 is 0 Å². The number of nitrogens with zero attached hydrogens (tertiary/aromatic N) is 1. The molecule has 1 heterocycles. The van der Waals surface area contributed by atoms with Crippen molar-refractivity contribution in [2.75, 3.05) is 5.73 Å². The van der Waals surface area contributed by atoms with Crippen molar-refractivity contribution in [3.05, 3.63) is 45.9 Å². The molecule has 0 aliphatic heterocycles. The summed E-state index contributed by atoms with van der Waals surface area (Å²) in [5.41, 5.74) is 9.52. The van der Waals surface area contributed by atoms with Crippen molar-refractivity contribution in [2.24, 2.45) is 0 Å². The van der Waals surface area contributed by atoms with Gasteiger partial charge in [-0.2, -0.15) is 0 Å². The first kappa shape index (κ1) is 12.3. The van der Waals surface area contributed by atoms with Crippen LogP contribution in [0.15, 0.2) is 34.9 Å². The Hall–Kier alpha value is -1.71. The largest absolute Gasteiger partial charge is 0.398 e. The molecule has 1 aromatic heterocycles. The number of aryl methyl sites for hydroxylation is 1. The van der Waals surface area contributed by atoms with Crippen LogP contribution in [0.1, 0.15) is 5.56 Å². The first-order valence-electron chi connectivity index (χ1n) is 5.67. The van der Waals surface area contributed by atoms with E-state index in [4.69, 9.17) is 33.5 Å². The van der Waals surface area contributed by atoms with E-state index in [0.29, 0.717) is 27.0 Å². The zero-order chi connectivity index (χ0) is 13.6. The quantitative estimate of drug-likeness (QED) is 0.662. The van der Waals surface area contributed by atoms with E-state index in [1.165, 1.54) is 0 Å². The predicted octanol–water partition coefficient (Wildman–Crippen LogP) is 4.69. The van der Waals surface area contributed by atoms with Crippen LogP contribution in [0, 0.1) is 6.92 Å². The molecule has 3 aromatic rings. The minimum absolute atomic E-state index is 0.508. The second kappa shape index (κ2) is 4.44. The van der Waals surface area contributed by atoms with Crippen molar-refractivity contribution in [1.29, 1.82) is 0 Å². The highest BCUT2D eigenvalue weighted by Crippen LogP contribution is 2.33. The number of nitrogen functional groups attached to an aromatic ring is 1. The Morgan fingerprint density at radius 3 is 2.63 bits per heavy atom. The van der Waals surface area contributed by atoms with Gasteiger partial charge in [0.25, 0.3) is 0 Å². The Bertz CT molecular complexity index is 780. The summed E-state index contributed by atoms with van der Waals surface area (Å²) in [6.45, 7) is 1.92. The molecular formula is C14H10Cl2N2O. The topological polar surface area (TPSA) is 52.0 Å². The van der Waals surface area contributed by atoms with Gasteiger partial charge < -0.3 is 10.3 Å². The molecule has 0 bridgehead atoms. The number of anilines is 1. The van der Waals surface area contributed by atoms with Crippen molar-refractivity contribution < 1.29 is 4.52 Å². The first-order valence-corrected chi connectivity index (χ1v) is 6.43. The number of aromatic nitrogens is 1. The lowest BCUT2D eigenvalue weighted by molar-refractivity contribution is 0.459.